The lowest BCUT2D eigenvalue weighted by atomic mass is 10.1. The van der Waals surface area contributed by atoms with Gasteiger partial charge < -0.3 is 4.42 Å². The van der Waals surface area contributed by atoms with Crippen LogP contribution in [0.3, 0.4) is 0 Å². The maximum Gasteiger partial charge on any atom is 0.199 e. The monoisotopic (exact) mass is 340 g/mol. The molecule has 0 radical (unpaired) electrons. The summed E-state index contributed by atoms with van der Waals surface area (Å²) in [5, 5.41) is 0. The predicted octanol–water partition coefficient (Wildman–Crippen LogP) is 4.85. The molecule has 0 bridgehead atoms. The van der Waals surface area contributed by atoms with Crippen LogP contribution in [-0.4, -0.2) is 19.5 Å². The summed E-state index contributed by atoms with van der Waals surface area (Å²) in [7, 11) is 0. The standard InChI is InChI=1S/C21H16N4O/c1-13-10-14(2)12-15(11-13)25-20(18-8-5-9-26-18)24-19-21(25)23-17-7-4-3-6-16(17)22-19/h3-12H,1-2H3. The minimum atomic E-state index is 0.606. The number of aromatic nitrogens is 4. The summed E-state index contributed by atoms with van der Waals surface area (Å²) in [4.78, 5) is 14.3. The number of rotatable bonds is 2. The molecule has 0 N–H and O–H groups in total. The van der Waals surface area contributed by atoms with Gasteiger partial charge in [0.05, 0.1) is 17.3 Å². The van der Waals surface area contributed by atoms with E-state index in [0.29, 0.717) is 17.2 Å². The molecule has 0 saturated heterocycles. The third kappa shape index (κ3) is 2.29. The van der Waals surface area contributed by atoms with E-state index >= 15 is 0 Å². The molecule has 0 fully saturated rings. The van der Waals surface area contributed by atoms with Crippen LogP contribution >= 0.6 is 0 Å². The molecule has 0 aliphatic carbocycles. The zero-order valence-electron chi connectivity index (χ0n) is 14.5. The van der Waals surface area contributed by atoms with Gasteiger partial charge in [-0.05, 0) is 61.4 Å². The van der Waals surface area contributed by atoms with Crippen LogP contribution in [-0.2, 0) is 0 Å². The van der Waals surface area contributed by atoms with Crippen molar-refractivity contribution >= 4 is 22.3 Å². The summed E-state index contributed by atoms with van der Waals surface area (Å²) >= 11 is 0. The second-order valence-corrected chi connectivity index (χ2v) is 6.45. The van der Waals surface area contributed by atoms with Crippen LogP contribution in [0.4, 0.5) is 0 Å². The van der Waals surface area contributed by atoms with Gasteiger partial charge in [-0.1, -0.05) is 18.2 Å². The zero-order chi connectivity index (χ0) is 17.7. The van der Waals surface area contributed by atoms with Crippen LogP contribution in [0.15, 0.2) is 65.3 Å². The van der Waals surface area contributed by atoms with Gasteiger partial charge in [0.2, 0.25) is 0 Å². The summed E-state index contributed by atoms with van der Waals surface area (Å²) in [6.07, 6.45) is 1.65. The molecular weight excluding hydrogens is 324 g/mol. The Balaban J connectivity index is 1.91. The Kier molecular flexibility index (Phi) is 3.15. The van der Waals surface area contributed by atoms with Crippen molar-refractivity contribution in [3.8, 4) is 17.3 Å². The van der Waals surface area contributed by atoms with Crippen molar-refractivity contribution in [1.29, 1.82) is 0 Å². The number of imidazole rings is 1. The van der Waals surface area contributed by atoms with Crippen molar-refractivity contribution in [2.45, 2.75) is 13.8 Å². The highest BCUT2D eigenvalue weighted by Gasteiger charge is 2.19. The van der Waals surface area contributed by atoms with Crippen LogP contribution in [0.25, 0.3) is 39.6 Å². The molecular formula is C21H16N4O. The smallest absolute Gasteiger partial charge is 0.199 e. The maximum absolute atomic E-state index is 5.63. The fraction of sp³-hybridized carbons (Fsp3) is 0.0952. The number of aryl methyl sites for hydroxylation is 2. The Hall–Kier alpha value is -3.47. The van der Waals surface area contributed by atoms with Crippen molar-refractivity contribution in [1.82, 2.24) is 19.5 Å². The molecule has 5 heteroatoms. The minimum absolute atomic E-state index is 0.606. The Labute approximate surface area is 150 Å². The SMILES string of the molecule is Cc1cc(C)cc(-n2c(-c3ccco3)nc3nc4ccccc4nc32)c1. The van der Waals surface area contributed by atoms with Crippen LogP contribution in [0.5, 0.6) is 0 Å². The van der Waals surface area contributed by atoms with Gasteiger partial charge in [0.15, 0.2) is 22.9 Å². The van der Waals surface area contributed by atoms with Crippen LogP contribution in [0.2, 0.25) is 0 Å². The summed E-state index contributed by atoms with van der Waals surface area (Å²) in [5.74, 6) is 1.39. The van der Waals surface area contributed by atoms with Gasteiger partial charge in [-0.3, -0.25) is 4.57 Å². The van der Waals surface area contributed by atoms with Gasteiger partial charge >= 0.3 is 0 Å². The molecule has 3 aromatic heterocycles. The van der Waals surface area contributed by atoms with Gasteiger partial charge in [0.25, 0.3) is 0 Å². The molecule has 0 aliphatic rings. The first-order valence-electron chi connectivity index (χ1n) is 8.47. The zero-order valence-corrected chi connectivity index (χ0v) is 14.5. The summed E-state index contributed by atoms with van der Waals surface area (Å²) in [5.41, 5.74) is 6.37. The molecule has 5 aromatic rings. The van der Waals surface area contributed by atoms with E-state index < -0.39 is 0 Å². The predicted molar refractivity (Wildman–Crippen MR) is 101 cm³/mol. The molecule has 0 atom stereocenters. The Morgan fingerprint density at radius 2 is 1.54 bits per heavy atom. The molecule has 3 heterocycles. The first kappa shape index (κ1) is 14.8. The molecule has 0 unspecified atom stereocenters. The molecule has 0 spiro atoms. The molecule has 0 aliphatic heterocycles. The number of fused-ring (bicyclic) bond motifs is 2. The van der Waals surface area contributed by atoms with E-state index in [9.17, 15) is 0 Å². The molecule has 2 aromatic carbocycles. The molecule has 0 amide bonds. The highest BCUT2D eigenvalue weighted by Crippen LogP contribution is 2.29. The molecule has 0 saturated carbocycles. The Morgan fingerprint density at radius 1 is 0.808 bits per heavy atom. The first-order chi connectivity index (χ1) is 12.7. The average Bonchev–Trinajstić information content (AvgIpc) is 3.26. The molecule has 26 heavy (non-hydrogen) atoms. The lowest BCUT2D eigenvalue weighted by molar-refractivity contribution is 0.576. The highest BCUT2D eigenvalue weighted by molar-refractivity contribution is 5.85. The quantitative estimate of drug-likeness (QED) is 0.461. The normalized spacial score (nSPS) is 11.5. The highest BCUT2D eigenvalue weighted by atomic mass is 16.3. The van der Waals surface area contributed by atoms with Crippen molar-refractivity contribution in [3.63, 3.8) is 0 Å². The van der Waals surface area contributed by atoms with Crippen LogP contribution < -0.4 is 0 Å². The van der Waals surface area contributed by atoms with E-state index in [1.165, 1.54) is 11.1 Å². The summed E-state index contributed by atoms with van der Waals surface area (Å²) < 4.78 is 7.65. The summed E-state index contributed by atoms with van der Waals surface area (Å²) in [6, 6.07) is 18.0. The topological polar surface area (TPSA) is 56.7 Å². The fourth-order valence-corrected chi connectivity index (χ4v) is 3.35. The van der Waals surface area contributed by atoms with Crippen molar-refractivity contribution < 1.29 is 4.42 Å². The fourth-order valence-electron chi connectivity index (χ4n) is 3.35. The third-order valence-corrected chi connectivity index (χ3v) is 4.38. The van der Waals surface area contributed by atoms with Crippen molar-refractivity contribution in [3.05, 3.63) is 72.0 Å². The lowest BCUT2D eigenvalue weighted by Crippen LogP contribution is -2.00. The van der Waals surface area contributed by atoms with Crippen LogP contribution in [0, 0.1) is 13.8 Å². The largest absolute Gasteiger partial charge is 0.461 e. The Morgan fingerprint density at radius 3 is 2.23 bits per heavy atom. The third-order valence-electron chi connectivity index (χ3n) is 4.38. The number of nitrogens with zero attached hydrogens (tertiary/aromatic N) is 4. The number of benzene rings is 2. The van der Waals surface area contributed by atoms with Gasteiger partial charge in [0, 0.05) is 5.69 Å². The van der Waals surface area contributed by atoms with Gasteiger partial charge in [-0.2, -0.15) is 0 Å². The van der Waals surface area contributed by atoms with Gasteiger partial charge in [-0.25, -0.2) is 15.0 Å². The molecule has 5 nitrogen and oxygen atoms in total. The second-order valence-electron chi connectivity index (χ2n) is 6.45. The van der Waals surface area contributed by atoms with E-state index in [0.717, 1.165) is 22.4 Å². The van der Waals surface area contributed by atoms with Crippen molar-refractivity contribution in [2.75, 3.05) is 0 Å². The van der Waals surface area contributed by atoms with Crippen molar-refractivity contribution in [2.24, 2.45) is 0 Å². The van der Waals surface area contributed by atoms with E-state index in [1.807, 2.05) is 41.0 Å². The average molecular weight is 340 g/mol. The number of hydrogen-bond donors (Lipinski definition) is 0. The van der Waals surface area contributed by atoms with E-state index in [2.05, 4.69) is 32.0 Å². The first-order valence-corrected chi connectivity index (χ1v) is 8.47. The van der Waals surface area contributed by atoms with Crippen LogP contribution in [0.1, 0.15) is 11.1 Å². The maximum atomic E-state index is 5.63. The lowest BCUT2D eigenvalue weighted by Gasteiger charge is -2.10. The number of furan rings is 1. The number of hydrogen-bond acceptors (Lipinski definition) is 4. The summed E-state index contributed by atoms with van der Waals surface area (Å²) in [6.45, 7) is 4.17. The van der Waals surface area contributed by atoms with Gasteiger partial charge in [0.1, 0.15) is 0 Å². The molecule has 126 valence electrons. The Bertz CT molecular complexity index is 1230. The van der Waals surface area contributed by atoms with E-state index in [1.54, 1.807) is 6.26 Å². The molecule has 5 rings (SSSR count). The van der Waals surface area contributed by atoms with E-state index in [-0.39, 0.29) is 0 Å². The van der Waals surface area contributed by atoms with E-state index in [4.69, 9.17) is 19.4 Å². The van der Waals surface area contributed by atoms with Gasteiger partial charge in [-0.15, -0.1) is 0 Å². The minimum Gasteiger partial charge on any atom is -0.461 e. The number of para-hydroxylation sites is 2. The second kappa shape index (κ2) is 5.52.